The lowest BCUT2D eigenvalue weighted by Gasteiger charge is -1.70. The maximum atomic E-state index is 9.44. The highest BCUT2D eigenvalue weighted by Gasteiger charge is 1.62. The Labute approximate surface area is 77.4 Å². The first kappa shape index (κ1) is 12.9. The average molecular weight is 218 g/mol. The standard InChI is InChI=1S/C5H5N.C3H6O.BrH/c1-2-4-6-5-3-1;1-3(2)4;/h1-5H;1-2H3;1H. The Kier molecular flexibility index (Phi) is 10.9. The fourth-order valence-electron chi connectivity index (χ4n) is 0.313. The minimum absolute atomic E-state index is 0. The molecule has 0 fully saturated rings. The zero-order valence-electron chi connectivity index (χ0n) is 6.65. The van der Waals surface area contributed by atoms with E-state index in [0.717, 1.165) is 0 Å². The van der Waals surface area contributed by atoms with Crippen molar-refractivity contribution in [3.63, 3.8) is 0 Å². The number of nitrogens with zero attached hydrogens (tertiary/aromatic N) is 1. The van der Waals surface area contributed by atoms with Crippen molar-refractivity contribution in [3.8, 4) is 0 Å². The van der Waals surface area contributed by atoms with Crippen molar-refractivity contribution in [1.29, 1.82) is 0 Å². The minimum Gasteiger partial charge on any atom is -0.300 e. The smallest absolute Gasteiger partial charge is 0.126 e. The van der Waals surface area contributed by atoms with Gasteiger partial charge in [0.15, 0.2) is 0 Å². The summed E-state index contributed by atoms with van der Waals surface area (Å²) in [6, 6.07) is 5.72. The Morgan fingerprint density at radius 2 is 1.45 bits per heavy atom. The topological polar surface area (TPSA) is 30.0 Å². The number of hydrogen-bond acceptors (Lipinski definition) is 2. The summed E-state index contributed by atoms with van der Waals surface area (Å²) in [5, 5.41) is 0. The first-order valence-electron chi connectivity index (χ1n) is 3.05. The van der Waals surface area contributed by atoms with Gasteiger partial charge in [0.1, 0.15) is 5.78 Å². The molecule has 0 atom stereocenters. The third kappa shape index (κ3) is 17.6. The first-order chi connectivity index (χ1) is 4.73. The second-order valence-electron chi connectivity index (χ2n) is 1.93. The van der Waals surface area contributed by atoms with Crippen LogP contribution >= 0.6 is 17.0 Å². The fraction of sp³-hybridized carbons (Fsp3) is 0.250. The lowest BCUT2D eigenvalue weighted by Crippen LogP contribution is -1.69. The van der Waals surface area contributed by atoms with Gasteiger partial charge in [-0.05, 0) is 26.0 Å². The number of rotatable bonds is 0. The summed E-state index contributed by atoms with van der Waals surface area (Å²) in [5.41, 5.74) is 0. The zero-order chi connectivity index (χ0) is 7.82. The van der Waals surface area contributed by atoms with Crippen molar-refractivity contribution in [2.24, 2.45) is 0 Å². The van der Waals surface area contributed by atoms with E-state index >= 15 is 0 Å². The summed E-state index contributed by atoms with van der Waals surface area (Å²) in [5.74, 6) is 0.167. The van der Waals surface area contributed by atoms with E-state index in [1.807, 2.05) is 18.2 Å². The van der Waals surface area contributed by atoms with Crippen LogP contribution in [0.15, 0.2) is 30.6 Å². The predicted molar refractivity (Wildman–Crippen MR) is 50.9 cm³/mol. The van der Waals surface area contributed by atoms with Crippen LogP contribution in [0.3, 0.4) is 0 Å². The van der Waals surface area contributed by atoms with Gasteiger partial charge < -0.3 is 4.79 Å². The van der Waals surface area contributed by atoms with E-state index in [2.05, 4.69) is 4.98 Å². The van der Waals surface area contributed by atoms with Crippen molar-refractivity contribution < 1.29 is 4.79 Å². The van der Waals surface area contributed by atoms with E-state index in [9.17, 15) is 4.79 Å². The number of aromatic nitrogens is 1. The summed E-state index contributed by atoms with van der Waals surface area (Å²) < 4.78 is 0. The molecule has 62 valence electrons. The monoisotopic (exact) mass is 217 g/mol. The highest BCUT2D eigenvalue weighted by atomic mass is 79.9. The molecule has 0 radical (unpaired) electrons. The van der Waals surface area contributed by atoms with Crippen LogP contribution in [0, 0.1) is 0 Å². The van der Waals surface area contributed by atoms with E-state index in [0.29, 0.717) is 0 Å². The van der Waals surface area contributed by atoms with E-state index < -0.39 is 0 Å². The molecular weight excluding hydrogens is 206 g/mol. The number of halogens is 1. The molecule has 0 saturated heterocycles. The molecule has 0 bridgehead atoms. The number of ketones is 1. The normalized spacial score (nSPS) is 6.73. The summed E-state index contributed by atoms with van der Waals surface area (Å²) >= 11 is 0. The molecule has 0 saturated carbocycles. The van der Waals surface area contributed by atoms with E-state index in [-0.39, 0.29) is 22.8 Å². The summed E-state index contributed by atoms with van der Waals surface area (Å²) in [4.78, 5) is 13.2. The molecule has 0 aliphatic carbocycles. The highest BCUT2D eigenvalue weighted by Crippen LogP contribution is 1.73. The van der Waals surface area contributed by atoms with E-state index in [1.54, 1.807) is 12.4 Å². The molecular formula is C8H12BrNO. The fourth-order valence-corrected chi connectivity index (χ4v) is 0.313. The Hall–Kier alpha value is -0.700. The van der Waals surface area contributed by atoms with Crippen LogP contribution in [0.4, 0.5) is 0 Å². The minimum atomic E-state index is 0. The molecule has 0 N–H and O–H groups in total. The number of carbonyl (C=O) groups excluding carboxylic acids is 1. The molecule has 1 aromatic rings. The van der Waals surface area contributed by atoms with Gasteiger partial charge in [-0.1, -0.05) is 6.07 Å². The maximum Gasteiger partial charge on any atom is 0.126 e. The van der Waals surface area contributed by atoms with Gasteiger partial charge in [-0.25, -0.2) is 0 Å². The second kappa shape index (κ2) is 9.30. The summed E-state index contributed by atoms with van der Waals surface area (Å²) in [6.45, 7) is 3.06. The van der Waals surface area contributed by atoms with Gasteiger partial charge in [0, 0.05) is 12.4 Å². The predicted octanol–water partition coefficient (Wildman–Crippen LogP) is 2.25. The molecule has 3 heteroatoms. The van der Waals surface area contributed by atoms with Gasteiger partial charge in [0.2, 0.25) is 0 Å². The molecule has 1 aromatic heterocycles. The first-order valence-corrected chi connectivity index (χ1v) is 3.05. The van der Waals surface area contributed by atoms with Crippen LogP contribution in [-0.2, 0) is 4.79 Å². The highest BCUT2D eigenvalue weighted by molar-refractivity contribution is 8.93. The molecule has 11 heavy (non-hydrogen) atoms. The number of Topliss-reactive ketones (excluding diaryl/α,β-unsaturated/α-hetero) is 1. The van der Waals surface area contributed by atoms with Crippen molar-refractivity contribution in [2.45, 2.75) is 13.8 Å². The Balaban J connectivity index is 0. The molecule has 0 aliphatic heterocycles. The SMILES string of the molecule is Br.CC(C)=O.c1ccncc1. The van der Waals surface area contributed by atoms with Crippen molar-refractivity contribution >= 4 is 22.8 Å². The van der Waals surface area contributed by atoms with Crippen LogP contribution in [0.1, 0.15) is 13.8 Å². The van der Waals surface area contributed by atoms with Crippen molar-refractivity contribution in [2.75, 3.05) is 0 Å². The molecule has 2 nitrogen and oxygen atoms in total. The molecule has 0 aromatic carbocycles. The van der Waals surface area contributed by atoms with Gasteiger partial charge >= 0.3 is 0 Å². The largest absolute Gasteiger partial charge is 0.300 e. The maximum absolute atomic E-state index is 9.44. The van der Waals surface area contributed by atoms with Crippen molar-refractivity contribution in [3.05, 3.63) is 30.6 Å². The van der Waals surface area contributed by atoms with Gasteiger partial charge in [-0.3, -0.25) is 4.98 Å². The van der Waals surface area contributed by atoms with Crippen LogP contribution in [0.5, 0.6) is 0 Å². The van der Waals surface area contributed by atoms with Crippen molar-refractivity contribution in [1.82, 2.24) is 4.98 Å². The molecule has 0 spiro atoms. The third-order valence-corrected chi connectivity index (χ3v) is 0.566. The van der Waals surface area contributed by atoms with Gasteiger partial charge in [-0.2, -0.15) is 0 Å². The van der Waals surface area contributed by atoms with Crippen LogP contribution in [0.25, 0.3) is 0 Å². The zero-order valence-corrected chi connectivity index (χ0v) is 8.36. The molecule has 0 amide bonds. The molecule has 1 heterocycles. The summed E-state index contributed by atoms with van der Waals surface area (Å²) in [6.07, 6.45) is 3.50. The molecule has 0 unspecified atom stereocenters. The lowest BCUT2D eigenvalue weighted by molar-refractivity contribution is -0.114. The lowest BCUT2D eigenvalue weighted by atomic mass is 10.5. The van der Waals surface area contributed by atoms with E-state index in [4.69, 9.17) is 0 Å². The third-order valence-electron chi connectivity index (χ3n) is 0.566. The molecule has 1 rings (SSSR count). The molecule has 0 aliphatic rings. The Bertz CT molecular complexity index is 146. The number of hydrogen-bond donors (Lipinski definition) is 0. The second-order valence-corrected chi connectivity index (χ2v) is 1.93. The Morgan fingerprint density at radius 1 is 1.09 bits per heavy atom. The van der Waals surface area contributed by atoms with Crippen LogP contribution in [0.2, 0.25) is 0 Å². The average Bonchev–Trinajstić information content (AvgIpc) is 1.90. The Morgan fingerprint density at radius 3 is 1.55 bits per heavy atom. The van der Waals surface area contributed by atoms with Gasteiger partial charge in [0.25, 0.3) is 0 Å². The van der Waals surface area contributed by atoms with Gasteiger partial charge in [-0.15, -0.1) is 17.0 Å². The number of carbonyl (C=O) groups is 1. The van der Waals surface area contributed by atoms with Gasteiger partial charge in [0.05, 0.1) is 0 Å². The van der Waals surface area contributed by atoms with Crippen LogP contribution in [-0.4, -0.2) is 10.8 Å². The summed E-state index contributed by atoms with van der Waals surface area (Å²) in [7, 11) is 0. The quantitative estimate of drug-likeness (QED) is 0.668. The van der Waals surface area contributed by atoms with E-state index in [1.165, 1.54) is 13.8 Å². The van der Waals surface area contributed by atoms with Crippen LogP contribution < -0.4 is 0 Å². The number of pyridine rings is 1.